The van der Waals surface area contributed by atoms with Crippen molar-refractivity contribution < 1.29 is 9.50 Å². The summed E-state index contributed by atoms with van der Waals surface area (Å²) in [6.45, 7) is 0. The highest BCUT2D eigenvalue weighted by molar-refractivity contribution is 7.14. The summed E-state index contributed by atoms with van der Waals surface area (Å²) in [5.74, 6) is 0.123. The monoisotopic (exact) mass is 426 g/mol. The first-order valence-corrected chi connectivity index (χ1v) is 10.5. The summed E-state index contributed by atoms with van der Waals surface area (Å²) in [7, 11) is 0. The summed E-state index contributed by atoms with van der Waals surface area (Å²) in [5, 5.41) is 19.2. The summed E-state index contributed by atoms with van der Waals surface area (Å²) in [4.78, 5) is 8.41. The van der Waals surface area contributed by atoms with Gasteiger partial charge in [0, 0.05) is 38.5 Å². The third kappa shape index (κ3) is 2.98. The van der Waals surface area contributed by atoms with Crippen molar-refractivity contribution in [1.29, 1.82) is 0 Å². The number of aromatic nitrogens is 4. The first-order valence-electron chi connectivity index (χ1n) is 9.66. The fraction of sp³-hybridized carbons (Fsp3) is 0. The van der Waals surface area contributed by atoms with Gasteiger partial charge in [0.05, 0.1) is 17.4 Å². The number of aromatic amines is 2. The van der Waals surface area contributed by atoms with Crippen LogP contribution >= 0.6 is 11.3 Å². The number of hydrogen-bond acceptors (Lipinski definition) is 4. The van der Waals surface area contributed by atoms with E-state index in [-0.39, 0.29) is 10.9 Å². The summed E-state index contributed by atoms with van der Waals surface area (Å²) in [6, 6.07) is 19.0. The highest BCUT2D eigenvalue weighted by Gasteiger charge is 2.15. The normalized spacial score (nSPS) is 11.5. The molecule has 0 aliphatic rings. The summed E-state index contributed by atoms with van der Waals surface area (Å²) >= 11 is 1.14. The molecule has 5 nitrogen and oxygen atoms in total. The van der Waals surface area contributed by atoms with E-state index in [1.807, 2.05) is 36.4 Å². The largest absolute Gasteiger partial charge is 0.506 e. The molecule has 7 heteroatoms. The number of nitrogens with one attached hydrogen (secondary N) is 2. The summed E-state index contributed by atoms with van der Waals surface area (Å²) in [5.41, 5.74) is 6.29. The molecule has 0 spiro atoms. The zero-order chi connectivity index (χ0) is 20.9. The molecular formula is C24H15FN4OS. The van der Waals surface area contributed by atoms with E-state index >= 15 is 0 Å². The van der Waals surface area contributed by atoms with Gasteiger partial charge in [0.1, 0.15) is 11.4 Å². The molecule has 0 saturated heterocycles. The SMILES string of the molecule is Oc1cncc(-c2ccc3[nH]nc(-c4cc5c(-c6ccc(F)s6)cccc5[nH]4)c3c2)c1. The Bertz CT molecular complexity index is 1580. The molecule has 4 heterocycles. The van der Waals surface area contributed by atoms with Gasteiger partial charge >= 0.3 is 0 Å². The number of nitrogens with zero attached hydrogens (tertiary/aromatic N) is 2. The third-order valence-corrected chi connectivity index (χ3v) is 6.28. The van der Waals surface area contributed by atoms with E-state index < -0.39 is 0 Å². The van der Waals surface area contributed by atoms with Gasteiger partial charge < -0.3 is 10.1 Å². The summed E-state index contributed by atoms with van der Waals surface area (Å²) in [6.07, 6.45) is 3.13. The molecule has 0 aliphatic heterocycles. The van der Waals surface area contributed by atoms with Crippen LogP contribution in [0.25, 0.3) is 54.8 Å². The van der Waals surface area contributed by atoms with Gasteiger partial charge in [0.2, 0.25) is 0 Å². The highest BCUT2D eigenvalue weighted by atomic mass is 32.1. The fourth-order valence-corrected chi connectivity index (χ4v) is 4.71. The summed E-state index contributed by atoms with van der Waals surface area (Å²) < 4.78 is 13.6. The predicted octanol–water partition coefficient (Wildman–Crippen LogP) is 6.35. The number of fused-ring (bicyclic) bond motifs is 2. The molecule has 3 N–H and O–H groups in total. The Labute approximate surface area is 179 Å². The molecule has 0 fully saturated rings. The molecule has 4 aromatic heterocycles. The van der Waals surface area contributed by atoms with Crippen LogP contribution in [0.4, 0.5) is 4.39 Å². The van der Waals surface area contributed by atoms with Crippen LogP contribution in [0.2, 0.25) is 0 Å². The molecule has 0 aliphatic carbocycles. The highest BCUT2D eigenvalue weighted by Crippen LogP contribution is 2.37. The van der Waals surface area contributed by atoms with Crippen LogP contribution < -0.4 is 0 Å². The molecule has 31 heavy (non-hydrogen) atoms. The Kier molecular flexibility index (Phi) is 3.91. The molecule has 6 aromatic rings. The second-order valence-corrected chi connectivity index (χ2v) is 8.35. The minimum Gasteiger partial charge on any atom is -0.506 e. The predicted molar refractivity (Wildman–Crippen MR) is 122 cm³/mol. The van der Waals surface area contributed by atoms with Crippen molar-refractivity contribution >= 4 is 33.1 Å². The number of pyridine rings is 1. The van der Waals surface area contributed by atoms with Crippen LogP contribution in [0, 0.1) is 5.13 Å². The smallest absolute Gasteiger partial charge is 0.176 e. The number of aromatic hydroxyl groups is 1. The Hall–Kier alpha value is -3.97. The van der Waals surface area contributed by atoms with Crippen LogP contribution in [0.3, 0.4) is 0 Å². The van der Waals surface area contributed by atoms with E-state index in [9.17, 15) is 9.50 Å². The quantitative estimate of drug-likeness (QED) is 0.309. The number of benzene rings is 2. The van der Waals surface area contributed by atoms with Crippen LogP contribution in [0.1, 0.15) is 0 Å². The van der Waals surface area contributed by atoms with Gasteiger partial charge in [0.25, 0.3) is 0 Å². The van der Waals surface area contributed by atoms with Crippen molar-refractivity contribution in [2.75, 3.05) is 0 Å². The molecule has 150 valence electrons. The third-order valence-electron chi connectivity index (χ3n) is 5.38. The van der Waals surface area contributed by atoms with Gasteiger partial charge in [-0.3, -0.25) is 10.1 Å². The Morgan fingerprint density at radius 3 is 2.65 bits per heavy atom. The van der Waals surface area contributed by atoms with Gasteiger partial charge in [-0.15, -0.1) is 11.3 Å². The first kappa shape index (κ1) is 17.9. The lowest BCUT2D eigenvalue weighted by atomic mass is 10.0. The molecule has 0 radical (unpaired) electrons. The van der Waals surface area contributed by atoms with E-state index in [1.165, 1.54) is 12.3 Å². The Morgan fingerprint density at radius 2 is 1.81 bits per heavy atom. The van der Waals surface area contributed by atoms with Gasteiger partial charge in [-0.2, -0.15) is 9.49 Å². The van der Waals surface area contributed by atoms with E-state index in [4.69, 9.17) is 0 Å². The molecule has 6 rings (SSSR count). The standard InChI is InChI=1S/C24H15FN4OS/c25-23-7-6-22(31-23)16-2-1-3-19-17(16)10-21(27-19)24-18-9-13(4-5-20(18)28-29-24)14-8-15(30)12-26-11-14/h1-12,27,30H,(H,28,29). The van der Waals surface area contributed by atoms with Gasteiger partial charge in [-0.05, 0) is 48.0 Å². The number of rotatable bonds is 3. The maximum atomic E-state index is 13.6. The average molecular weight is 426 g/mol. The van der Waals surface area contributed by atoms with Crippen molar-refractivity contribution in [2.24, 2.45) is 0 Å². The zero-order valence-electron chi connectivity index (χ0n) is 16.1. The lowest BCUT2D eigenvalue weighted by Gasteiger charge is -2.02. The van der Waals surface area contributed by atoms with E-state index in [0.29, 0.717) is 0 Å². The van der Waals surface area contributed by atoms with Crippen LogP contribution in [-0.2, 0) is 0 Å². The number of thiophene rings is 1. The number of halogens is 1. The topological polar surface area (TPSA) is 77.6 Å². The first-order chi connectivity index (χ1) is 15.2. The molecule has 0 bridgehead atoms. The zero-order valence-corrected chi connectivity index (χ0v) is 16.9. The average Bonchev–Trinajstić information content (AvgIpc) is 3.50. The van der Waals surface area contributed by atoms with Crippen molar-refractivity contribution in [2.45, 2.75) is 0 Å². The minimum atomic E-state index is -0.199. The second kappa shape index (κ2) is 6.78. The Balaban J connectivity index is 1.51. The molecule has 0 unspecified atom stereocenters. The molecule has 0 saturated carbocycles. The van der Waals surface area contributed by atoms with Crippen molar-refractivity contribution in [3.05, 3.63) is 78.2 Å². The molecule has 2 aromatic carbocycles. The van der Waals surface area contributed by atoms with Gasteiger partial charge in [0.15, 0.2) is 5.13 Å². The van der Waals surface area contributed by atoms with Crippen LogP contribution in [0.5, 0.6) is 5.75 Å². The van der Waals surface area contributed by atoms with Crippen LogP contribution in [0.15, 0.2) is 73.1 Å². The van der Waals surface area contributed by atoms with Crippen LogP contribution in [-0.4, -0.2) is 25.3 Å². The van der Waals surface area contributed by atoms with Crippen molar-refractivity contribution in [3.63, 3.8) is 0 Å². The molecular weight excluding hydrogens is 411 g/mol. The number of H-pyrrole nitrogens is 2. The second-order valence-electron chi connectivity index (χ2n) is 7.32. The Morgan fingerprint density at radius 1 is 0.871 bits per heavy atom. The van der Waals surface area contributed by atoms with E-state index in [0.717, 1.165) is 66.1 Å². The van der Waals surface area contributed by atoms with Crippen molar-refractivity contribution in [1.82, 2.24) is 20.2 Å². The van der Waals surface area contributed by atoms with Gasteiger partial charge in [-0.1, -0.05) is 18.2 Å². The minimum absolute atomic E-state index is 0.123. The van der Waals surface area contributed by atoms with E-state index in [1.54, 1.807) is 18.3 Å². The maximum absolute atomic E-state index is 13.6. The van der Waals surface area contributed by atoms with Crippen molar-refractivity contribution in [3.8, 4) is 38.7 Å². The lowest BCUT2D eigenvalue weighted by Crippen LogP contribution is -1.81. The number of hydrogen-bond donors (Lipinski definition) is 3. The van der Waals surface area contributed by atoms with Gasteiger partial charge in [-0.25, -0.2) is 0 Å². The maximum Gasteiger partial charge on any atom is 0.176 e. The molecule has 0 atom stereocenters. The lowest BCUT2D eigenvalue weighted by molar-refractivity contribution is 0.473. The fourth-order valence-electron chi connectivity index (χ4n) is 3.94. The van der Waals surface area contributed by atoms with E-state index in [2.05, 4.69) is 26.2 Å². The molecule has 0 amide bonds.